The lowest BCUT2D eigenvalue weighted by Gasteiger charge is -2.39. The van der Waals surface area contributed by atoms with Gasteiger partial charge in [0.25, 0.3) is 0 Å². The lowest BCUT2D eigenvalue weighted by atomic mass is 9.99. The van der Waals surface area contributed by atoms with Crippen LogP contribution in [0.3, 0.4) is 0 Å². The van der Waals surface area contributed by atoms with Crippen molar-refractivity contribution < 1.29 is 49.1 Å². The van der Waals surface area contributed by atoms with Gasteiger partial charge in [-0.3, -0.25) is 4.52 Å². The highest BCUT2D eigenvalue weighted by atomic mass is 31.2. The van der Waals surface area contributed by atoms with Crippen LogP contribution in [0.4, 0.5) is 0 Å². The molecule has 10 nitrogen and oxygen atoms in total. The van der Waals surface area contributed by atoms with E-state index in [1.165, 1.54) is 0 Å². The van der Waals surface area contributed by atoms with E-state index in [2.05, 4.69) is 9.26 Å². The van der Waals surface area contributed by atoms with Crippen molar-refractivity contribution in [2.45, 2.75) is 37.0 Å². The number of aliphatic hydroxyl groups is 5. The molecule has 0 bridgehead atoms. The Kier molecular flexibility index (Phi) is 4.60. The highest BCUT2D eigenvalue weighted by molar-refractivity contribution is 7.46. The van der Waals surface area contributed by atoms with Gasteiger partial charge in [-0.25, -0.2) is 4.57 Å². The van der Waals surface area contributed by atoms with Crippen molar-refractivity contribution in [3.63, 3.8) is 0 Å². The molecule has 1 saturated heterocycles. The molecular formula is C6H13O10P. The zero-order valence-electron chi connectivity index (χ0n) is 8.27. The van der Waals surface area contributed by atoms with Gasteiger partial charge in [-0.05, 0) is 0 Å². The zero-order valence-corrected chi connectivity index (χ0v) is 9.16. The van der Waals surface area contributed by atoms with E-state index in [1.807, 2.05) is 0 Å². The summed E-state index contributed by atoms with van der Waals surface area (Å²) in [7, 11) is -5.04. The minimum absolute atomic E-state index is 1.82. The molecule has 0 aromatic carbocycles. The molecule has 0 amide bonds. The summed E-state index contributed by atoms with van der Waals surface area (Å²) >= 11 is 0. The fourth-order valence-corrected chi connectivity index (χ4v) is 1.72. The molecule has 11 heteroatoms. The minimum Gasteiger partial charge on any atom is -0.387 e. The maximum Gasteiger partial charge on any atom is 0.472 e. The van der Waals surface area contributed by atoms with E-state index in [9.17, 15) is 19.9 Å². The smallest absolute Gasteiger partial charge is 0.387 e. The molecular weight excluding hydrogens is 263 g/mol. The Hall–Kier alpha value is -0.130. The summed E-state index contributed by atoms with van der Waals surface area (Å²) in [5, 5.41) is 46.0. The molecule has 0 spiro atoms. The Labute approximate surface area is 94.9 Å². The van der Waals surface area contributed by atoms with Crippen LogP contribution in [0.15, 0.2) is 0 Å². The van der Waals surface area contributed by atoms with Gasteiger partial charge in [-0.15, -0.1) is 0 Å². The standard InChI is InChI=1S/C6H13O10P/c7-1-2(8)4(15-5(10)3(1)9)6(11)16-17(12,13)14/h1-11H,(H2,12,13,14)/t1-,2-,3+,4-,5?,6?/m0/s1. The van der Waals surface area contributed by atoms with Gasteiger partial charge in [0.2, 0.25) is 0 Å². The van der Waals surface area contributed by atoms with E-state index in [0.29, 0.717) is 0 Å². The molecule has 1 aliphatic rings. The summed E-state index contributed by atoms with van der Waals surface area (Å²) in [6, 6.07) is 0. The SMILES string of the molecule is O=P(O)(O)OC(O)[C@H]1OC(O)[C@H](O)[C@@H](O)[C@@H]1O. The quantitative estimate of drug-likeness (QED) is 0.200. The normalized spacial score (nSPS) is 41.2. The number of phosphoric ester groups is 1. The van der Waals surface area contributed by atoms with Crippen LogP contribution in [0.2, 0.25) is 0 Å². The van der Waals surface area contributed by atoms with Crippen molar-refractivity contribution in [1.29, 1.82) is 0 Å². The molecule has 102 valence electrons. The first-order valence-electron chi connectivity index (χ1n) is 4.43. The van der Waals surface area contributed by atoms with Crippen LogP contribution in [0.25, 0.3) is 0 Å². The lowest BCUT2D eigenvalue weighted by Crippen LogP contribution is -2.60. The highest BCUT2D eigenvalue weighted by Gasteiger charge is 2.47. The first kappa shape index (κ1) is 14.9. The summed E-state index contributed by atoms with van der Waals surface area (Å²) in [6.45, 7) is 0. The highest BCUT2D eigenvalue weighted by Crippen LogP contribution is 2.39. The third-order valence-corrected chi connectivity index (χ3v) is 2.64. The summed E-state index contributed by atoms with van der Waals surface area (Å²) in [5.74, 6) is 0. The number of hydrogen-bond acceptors (Lipinski definition) is 8. The van der Waals surface area contributed by atoms with Crippen molar-refractivity contribution in [3.05, 3.63) is 0 Å². The maximum absolute atomic E-state index is 10.4. The van der Waals surface area contributed by atoms with Gasteiger partial charge in [0.1, 0.15) is 24.4 Å². The van der Waals surface area contributed by atoms with E-state index >= 15 is 0 Å². The van der Waals surface area contributed by atoms with E-state index < -0.39 is 44.8 Å². The van der Waals surface area contributed by atoms with Crippen molar-refractivity contribution in [2.24, 2.45) is 0 Å². The van der Waals surface area contributed by atoms with Crippen LogP contribution in [0, 0.1) is 0 Å². The molecule has 6 atom stereocenters. The maximum atomic E-state index is 10.4. The molecule has 1 heterocycles. The van der Waals surface area contributed by atoms with Crippen molar-refractivity contribution in [3.8, 4) is 0 Å². The Morgan fingerprint density at radius 2 is 1.59 bits per heavy atom. The fourth-order valence-electron chi connectivity index (χ4n) is 1.32. The molecule has 1 fully saturated rings. The molecule has 1 rings (SSSR count). The van der Waals surface area contributed by atoms with E-state index in [1.54, 1.807) is 0 Å². The summed E-state index contributed by atoms with van der Waals surface area (Å²) < 4.78 is 18.7. The van der Waals surface area contributed by atoms with E-state index in [4.69, 9.17) is 20.0 Å². The molecule has 2 unspecified atom stereocenters. The zero-order chi connectivity index (χ0) is 13.4. The molecule has 0 saturated carbocycles. The third kappa shape index (κ3) is 3.66. The predicted molar refractivity (Wildman–Crippen MR) is 48.0 cm³/mol. The van der Waals surface area contributed by atoms with Crippen molar-refractivity contribution >= 4 is 7.82 Å². The molecule has 0 aliphatic carbocycles. The molecule has 0 radical (unpaired) electrons. The van der Waals surface area contributed by atoms with E-state index in [0.717, 1.165) is 0 Å². The van der Waals surface area contributed by atoms with Crippen LogP contribution >= 0.6 is 7.82 Å². The van der Waals surface area contributed by atoms with Crippen LogP contribution in [-0.2, 0) is 13.8 Å². The summed E-state index contributed by atoms with van der Waals surface area (Å²) in [5.41, 5.74) is 0. The molecule has 0 aromatic heterocycles. The molecule has 17 heavy (non-hydrogen) atoms. The molecule has 1 aliphatic heterocycles. The Bertz CT molecular complexity index is 303. The second kappa shape index (κ2) is 5.24. The third-order valence-electron chi connectivity index (χ3n) is 2.15. The first-order valence-corrected chi connectivity index (χ1v) is 5.96. The Morgan fingerprint density at radius 1 is 1.06 bits per heavy atom. The number of hydrogen-bond donors (Lipinski definition) is 7. The van der Waals surface area contributed by atoms with Gasteiger partial charge in [-0.1, -0.05) is 0 Å². The van der Waals surface area contributed by atoms with Gasteiger partial charge in [0, 0.05) is 0 Å². The largest absolute Gasteiger partial charge is 0.472 e. The monoisotopic (exact) mass is 276 g/mol. The minimum atomic E-state index is -5.04. The number of phosphoric acid groups is 1. The van der Waals surface area contributed by atoms with Crippen LogP contribution in [0.1, 0.15) is 0 Å². The van der Waals surface area contributed by atoms with Gasteiger partial charge >= 0.3 is 7.82 Å². The second-order valence-electron chi connectivity index (χ2n) is 3.45. The van der Waals surface area contributed by atoms with Crippen molar-refractivity contribution in [1.82, 2.24) is 0 Å². The molecule has 0 aromatic rings. The second-order valence-corrected chi connectivity index (χ2v) is 4.64. The number of rotatable bonds is 3. The Balaban J connectivity index is 2.73. The van der Waals surface area contributed by atoms with E-state index in [-0.39, 0.29) is 0 Å². The van der Waals surface area contributed by atoms with Crippen LogP contribution < -0.4 is 0 Å². The molecule has 7 N–H and O–H groups in total. The number of aliphatic hydroxyl groups excluding tert-OH is 5. The van der Waals surface area contributed by atoms with Gasteiger partial charge in [0.05, 0.1) is 0 Å². The van der Waals surface area contributed by atoms with Gasteiger partial charge < -0.3 is 40.1 Å². The first-order chi connectivity index (χ1) is 7.63. The number of ether oxygens (including phenoxy) is 1. The average molecular weight is 276 g/mol. The van der Waals surface area contributed by atoms with Crippen LogP contribution in [-0.4, -0.2) is 72.3 Å². The lowest BCUT2D eigenvalue weighted by molar-refractivity contribution is -0.314. The van der Waals surface area contributed by atoms with Gasteiger partial charge in [-0.2, -0.15) is 0 Å². The van der Waals surface area contributed by atoms with Crippen LogP contribution in [0.5, 0.6) is 0 Å². The average Bonchev–Trinajstić information content (AvgIpc) is 2.17. The Morgan fingerprint density at radius 3 is 2.06 bits per heavy atom. The van der Waals surface area contributed by atoms with Crippen molar-refractivity contribution in [2.75, 3.05) is 0 Å². The predicted octanol–water partition coefficient (Wildman–Crippen LogP) is -3.79. The van der Waals surface area contributed by atoms with Gasteiger partial charge in [0.15, 0.2) is 12.6 Å². The topological polar surface area (TPSA) is 177 Å². The summed E-state index contributed by atoms with van der Waals surface area (Å²) in [6.07, 6.45) is -11.6. The fraction of sp³-hybridized carbons (Fsp3) is 1.00. The summed E-state index contributed by atoms with van der Waals surface area (Å²) in [4.78, 5) is 16.8.